The van der Waals surface area contributed by atoms with E-state index in [0.29, 0.717) is 10.7 Å². The molecule has 0 saturated heterocycles. The predicted octanol–water partition coefficient (Wildman–Crippen LogP) is 3.14. The summed E-state index contributed by atoms with van der Waals surface area (Å²) in [5.74, 6) is -0.290. The molecule has 6 heteroatoms. The lowest BCUT2D eigenvalue weighted by Crippen LogP contribution is -2.30. The molecular weight excluding hydrogens is 298 g/mol. The number of hydrogen-bond donors (Lipinski definition) is 0. The van der Waals surface area contributed by atoms with E-state index in [1.54, 1.807) is 24.7 Å². The minimum Gasteiger partial charge on any atom is -0.294 e. The molecule has 2 rings (SSSR count). The second kappa shape index (κ2) is 6.79. The standard InChI is InChI=1S/C16H19N3O2S/c1-10(2)14(20)13-7-5-12(6-8-13)11(3)15(21)19(4)16-18-17-9-22-16/h5-11H,1-4H3/t11-/m1/s1. The lowest BCUT2D eigenvalue weighted by molar-refractivity contribution is -0.119. The molecule has 0 N–H and O–H groups in total. The number of rotatable bonds is 5. The molecule has 0 spiro atoms. The van der Waals surface area contributed by atoms with Gasteiger partial charge in [-0.15, -0.1) is 10.2 Å². The van der Waals surface area contributed by atoms with E-state index in [-0.39, 0.29) is 23.5 Å². The van der Waals surface area contributed by atoms with Gasteiger partial charge in [0.2, 0.25) is 11.0 Å². The molecule has 2 aromatic rings. The van der Waals surface area contributed by atoms with E-state index < -0.39 is 0 Å². The summed E-state index contributed by atoms with van der Waals surface area (Å²) in [6.45, 7) is 5.60. The van der Waals surface area contributed by atoms with Crippen LogP contribution in [0.15, 0.2) is 29.8 Å². The first-order chi connectivity index (χ1) is 10.4. The molecular formula is C16H19N3O2S. The molecule has 1 aromatic carbocycles. The van der Waals surface area contributed by atoms with Crippen molar-refractivity contribution in [3.05, 3.63) is 40.9 Å². The SMILES string of the molecule is CC(C)C(=O)c1ccc([C@@H](C)C(=O)N(C)c2nncs2)cc1. The fraction of sp³-hybridized carbons (Fsp3) is 0.375. The van der Waals surface area contributed by atoms with E-state index in [9.17, 15) is 9.59 Å². The van der Waals surface area contributed by atoms with Gasteiger partial charge in [0.25, 0.3) is 0 Å². The summed E-state index contributed by atoms with van der Waals surface area (Å²) >= 11 is 1.32. The largest absolute Gasteiger partial charge is 0.294 e. The van der Waals surface area contributed by atoms with Gasteiger partial charge in [0.05, 0.1) is 5.92 Å². The maximum atomic E-state index is 12.5. The molecule has 0 radical (unpaired) electrons. The van der Waals surface area contributed by atoms with Crippen LogP contribution in [0.4, 0.5) is 5.13 Å². The van der Waals surface area contributed by atoms with Gasteiger partial charge in [-0.3, -0.25) is 14.5 Å². The number of anilines is 1. The Morgan fingerprint density at radius 3 is 2.27 bits per heavy atom. The van der Waals surface area contributed by atoms with Crippen molar-refractivity contribution in [1.29, 1.82) is 0 Å². The number of hydrogen-bond acceptors (Lipinski definition) is 5. The van der Waals surface area contributed by atoms with Gasteiger partial charge in [-0.25, -0.2) is 0 Å². The lowest BCUT2D eigenvalue weighted by Gasteiger charge is -2.19. The van der Waals surface area contributed by atoms with Crippen LogP contribution in [0.3, 0.4) is 0 Å². The lowest BCUT2D eigenvalue weighted by atomic mass is 9.95. The average molecular weight is 317 g/mol. The Kier molecular flexibility index (Phi) is 5.03. The van der Waals surface area contributed by atoms with Crippen LogP contribution in [-0.4, -0.2) is 28.9 Å². The zero-order valence-corrected chi connectivity index (χ0v) is 13.9. The molecule has 1 atom stereocenters. The highest BCUT2D eigenvalue weighted by molar-refractivity contribution is 7.13. The molecule has 0 aliphatic carbocycles. The van der Waals surface area contributed by atoms with E-state index in [4.69, 9.17) is 0 Å². The third kappa shape index (κ3) is 3.39. The molecule has 0 saturated carbocycles. The molecule has 1 aromatic heterocycles. The van der Waals surface area contributed by atoms with Gasteiger partial charge in [-0.1, -0.05) is 49.4 Å². The van der Waals surface area contributed by atoms with Crippen molar-refractivity contribution in [1.82, 2.24) is 10.2 Å². The Morgan fingerprint density at radius 2 is 1.77 bits per heavy atom. The van der Waals surface area contributed by atoms with Crippen LogP contribution in [0.25, 0.3) is 0 Å². The zero-order valence-electron chi connectivity index (χ0n) is 13.1. The molecule has 1 amide bonds. The van der Waals surface area contributed by atoms with E-state index in [0.717, 1.165) is 5.56 Å². The fourth-order valence-electron chi connectivity index (χ4n) is 2.11. The van der Waals surface area contributed by atoms with Crippen LogP contribution in [0.5, 0.6) is 0 Å². The average Bonchev–Trinajstić information content (AvgIpc) is 3.06. The van der Waals surface area contributed by atoms with Crippen LogP contribution in [0, 0.1) is 5.92 Å². The molecule has 22 heavy (non-hydrogen) atoms. The van der Waals surface area contributed by atoms with Crippen molar-refractivity contribution in [3.63, 3.8) is 0 Å². The van der Waals surface area contributed by atoms with Crippen molar-refractivity contribution in [3.8, 4) is 0 Å². The van der Waals surface area contributed by atoms with Gasteiger partial charge in [0.15, 0.2) is 5.78 Å². The van der Waals surface area contributed by atoms with Crippen molar-refractivity contribution < 1.29 is 9.59 Å². The molecule has 1 heterocycles. The third-order valence-corrected chi connectivity index (χ3v) is 4.32. The number of nitrogens with zero attached hydrogens (tertiary/aromatic N) is 3. The van der Waals surface area contributed by atoms with Crippen LogP contribution < -0.4 is 4.90 Å². The topological polar surface area (TPSA) is 63.2 Å². The van der Waals surface area contributed by atoms with E-state index in [2.05, 4.69) is 10.2 Å². The maximum absolute atomic E-state index is 12.5. The molecule has 5 nitrogen and oxygen atoms in total. The maximum Gasteiger partial charge on any atom is 0.235 e. The van der Waals surface area contributed by atoms with Gasteiger partial charge < -0.3 is 0 Å². The number of likely N-dealkylation sites (N-methyl/N-ethyl adjacent to an activating group) is 1. The van der Waals surface area contributed by atoms with Crippen LogP contribution >= 0.6 is 11.3 Å². The molecule has 0 fully saturated rings. The first kappa shape index (κ1) is 16.3. The summed E-state index contributed by atoms with van der Waals surface area (Å²) in [7, 11) is 1.69. The summed E-state index contributed by atoms with van der Waals surface area (Å²) < 4.78 is 0. The summed E-state index contributed by atoms with van der Waals surface area (Å²) in [5, 5.41) is 8.21. The van der Waals surface area contributed by atoms with Crippen molar-refractivity contribution in [2.75, 3.05) is 11.9 Å². The predicted molar refractivity (Wildman–Crippen MR) is 87.3 cm³/mol. The van der Waals surface area contributed by atoms with Crippen LogP contribution in [-0.2, 0) is 4.79 Å². The second-order valence-electron chi connectivity index (χ2n) is 5.48. The van der Waals surface area contributed by atoms with Crippen molar-refractivity contribution >= 4 is 28.2 Å². The Morgan fingerprint density at radius 1 is 1.14 bits per heavy atom. The van der Waals surface area contributed by atoms with Gasteiger partial charge >= 0.3 is 0 Å². The summed E-state index contributed by atoms with van der Waals surface area (Å²) in [6.07, 6.45) is 0. The van der Waals surface area contributed by atoms with Gasteiger partial charge in [-0.2, -0.15) is 0 Å². The summed E-state index contributed by atoms with van der Waals surface area (Å²) in [4.78, 5) is 25.9. The van der Waals surface area contributed by atoms with Gasteiger partial charge in [-0.05, 0) is 12.5 Å². The zero-order chi connectivity index (χ0) is 16.3. The molecule has 0 aliphatic rings. The Labute approximate surface area is 134 Å². The fourth-order valence-corrected chi connectivity index (χ4v) is 2.64. The third-order valence-electron chi connectivity index (χ3n) is 3.56. The van der Waals surface area contributed by atoms with E-state index in [1.807, 2.05) is 32.9 Å². The number of Topliss-reactive ketones (excluding diaryl/α,β-unsaturated/α-hetero) is 1. The number of aromatic nitrogens is 2. The number of benzene rings is 1. The molecule has 0 unspecified atom stereocenters. The minimum absolute atomic E-state index is 0.0339. The summed E-state index contributed by atoms with van der Waals surface area (Å²) in [6, 6.07) is 7.25. The number of ketones is 1. The van der Waals surface area contributed by atoms with Crippen molar-refractivity contribution in [2.24, 2.45) is 5.92 Å². The minimum atomic E-state index is -0.308. The van der Waals surface area contributed by atoms with E-state index >= 15 is 0 Å². The second-order valence-corrected chi connectivity index (χ2v) is 6.29. The Balaban J connectivity index is 2.14. The number of carbonyl (C=O) groups is 2. The molecule has 0 bridgehead atoms. The monoisotopic (exact) mass is 317 g/mol. The van der Waals surface area contributed by atoms with Crippen molar-refractivity contribution in [2.45, 2.75) is 26.7 Å². The first-order valence-electron chi connectivity index (χ1n) is 7.09. The Hall–Kier alpha value is -2.08. The smallest absolute Gasteiger partial charge is 0.235 e. The van der Waals surface area contributed by atoms with Crippen LogP contribution in [0.2, 0.25) is 0 Å². The highest BCUT2D eigenvalue weighted by Gasteiger charge is 2.22. The summed E-state index contributed by atoms with van der Waals surface area (Å²) in [5.41, 5.74) is 3.15. The molecule has 116 valence electrons. The number of carbonyl (C=O) groups excluding carboxylic acids is 2. The van der Waals surface area contributed by atoms with E-state index in [1.165, 1.54) is 16.2 Å². The first-order valence-corrected chi connectivity index (χ1v) is 7.97. The Bertz CT molecular complexity index is 651. The van der Waals surface area contributed by atoms with Gasteiger partial charge in [0.1, 0.15) is 5.51 Å². The number of amides is 1. The van der Waals surface area contributed by atoms with Crippen LogP contribution in [0.1, 0.15) is 42.6 Å². The van der Waals surface area contributed by atoms with Gasteiger partial charge in [0, 0.05) is 18.5 Å². The highest BCUT2D eigenvalue weighted by Crippen LogP contribution is 2.23. The normalized spacial score (nSPS) is 12.2. The molecule has 0 aliphatic heterocycles. The quantitative estimate of drug-likeness (QED) is 0.795. The highest BCUT2D eigenvalue weighted by atomic mass is 32.1.